The average Bonchev–Trinajstić information content (AvgIpc) is 2.90. The Morgan fingerprint density at radius 1 is 1.05 bits per heavy atom. The van der Waals surface area contributed by atoms with Crippen molar-refractivity contribution in [3.05, 3.63) is 46.0 Å². The van der Waals surface area contributed by atoms with Crippen LogP contribution in [0, 0.1) is 6.92 Å². The van der Waals surface area contributed by atoms with Gasteiger partial charge in [-0.05, 0) is 41.6 Å². The summed E-state index contributed by atoms with van der Waals surface area (Å²) in [5.74, 6) is -0.795. The van der Waals surface area contributed by atoms with E-state index in [9.17, 15) is 9.59 Å². The maximum absolute atomic E-state index is 12.0. The molecule has 0 saturated heterocycles. The lowest BCUT2D eigenvalue weighted by atomic mass is 9.87. The second-order valence-corrected chi connectivity index (χ2v) is 6.68. The molecule has 22 heavy (non-hydrogen) atoms. The van der Waals surface area contributed by atoms with Crippen molar-refractivity contribution in [3.8, 4) is 0 Å². The summed E-state index contributed by atoms with van der Waals surface area (Å²) >= 11 is 0.985. The van der Waals surface area contributed by atoms with Crippen LogP contribution in [0.3, 0.4) is 0 Å². The van der Waals surface area contributed by atoms with Crippen molar-refractivity contribution in [2.75, 3.05) is 0 Å². The molecule has 0 aliphatic heterocycles. The van der Waals surface area contributed by atoms with Gasteiger partial charge in [0.05, 0.1) is 5.69 Å². The number of aromatic nitrogens is 2. The van der Waals surface area contributed by atoms with Crippen molar-refractivity contribution in [2.45, 2.75) is 33.1 Å². The Labute approximate surface area is 133 Å². The van der Waals surface area contributed by atoms with Crippen molar-refractivity contribution in [1.29, 1.82) is 0 Å². The zero-order chi connectivity index (χ0) is 16.3. The molecule has 6 nitrogen and oxygen atoms in total. The number of aryl methyl sites for hydroxylation is 1. The molecular formula is C15H18N4O2S. The van der Waals surface area contributed by atoms with E-state index in [1.54, 1.807) is 19.1 Å². The average molecular weight is 318 g/mol. The van der Waals surface area contributed by atoms with Gasteiger partial charge in [-0.15, -0.1) is 5.10 Å². The molecule has 0 aliphatic carbocycles. The number of carbonyl (C=O) groups excluding carboxylic acids is 2. The zero-order valence-electron chi connectivity index (χ0n) is 12.9. The molecule has 1 aromatic heterocycles. The van der Waals surface area contributed by atoms with Gasteiger partial charge < -0.3 is 0 Å². The standard InChI is InChI=1S/C15H18N4O2S/c1-9-12(22-19-16-9)14(21)18-17-13(20)10-5-7-11(8-6-10)15(2,3)4/h5-8H,1-4H3,(H,17,20)(H,18,21). The highest BCUT2D eigenvalue weighted by Gasteiger charge is 2.16. The molecule has 0 radical (unpaired) electrons. The van der Waals surface area contributed by atoms with Crippen LogP contribution in [0.5, 0.6) is 0 Å². The minimum atomic E-state index is -0.424. The number of hydrogen-bond acceptors (Lipinski definition) is 5. The molecule has 0 spiro atoms. The van der Waals surface area contributed by atoms with Gasteiger partial charge in [0.2, 0.25) is 0 Å². The summed E-state index contributed by atoms with van der Waals surface area (Å²) < 4.78 is 3.68. The molecule has 2 N–H and O–H groups in total. The maximum atomic E-state index is 12.0. The van der Waals surface area contributed by atoms with Crippen molar-refractivity contribution in [3.63, 3.8) is 0 Å². The van der Waals surface area contributed by atoms with E-state index < -0.39 is 5.91 Å². The zero-order valence-corrected chi connectivity index (χ0v) is 13.7. The highest BCUT2D eigenvalue weighted by atomic mass is 32.1. The fourth-order valence-electron chi connectivity index (χ4n) is 1.80. The van der Waals surface area contributed by atoms with Gasteiger partial charge in [-0.1, -0.05) is 37.4 Å². The number of carbonyl (C=O) groups is 2. The van der Waals surface area contributed by atoms with Crippen LogP contribution in [0.25, 0.3) is 0 Å². The van der Waals surface area contributed by atoms with E-state index in [0.717, 1.165) is 17.1 Å². The van der Waals surface area contributed by atoms with Gasteiger partial charge in [-0.3, -0.25) is 20.4 Å². The summed E-state index contributed by atoms with van der Waals surface area (Å²) in [6.45, 7) is 8.00. The van der Waals surface area contributed by atoms with E-state index in [1.807, 2.05) is 12.1 Å². The van der Waals surface area contributed by atoms with Crippen LogP contribution in [0.4, 0.5) is 0 Å². The Morgan fingerprint density at radius 3 is 2.14 bits per heavy atom. The monoisotopic (exact) mass is 318 g/mol. The van der Waals surface area contributed by atoms with Crippen molar-refractivity contribution >= 4 is 23.3 Å². The SMILES string of the molecule is Cc1nnsc1C(=O)NNC(=O)c1ccc(C(C)(C)C)cc1. The van der Waals surface area contributed by atoms with Gasteiger partial charge in [0, 0.05) is 5.56 Å². The van der Waals surface area contributed by atoms with Crippen LogP contribution < -0.4 is 10.9 Å². The first-order chi connectivity index (χ1) is 10.3. The molecule has 116 valence electrons. The van der Waals surface area contributed by atoms with Crippen LogP contribution in [-0.2, 0) is 5.41 Å². The van der Waals surface area contributed by atoms with E-state index in [-0.39, 0.29) is 11.3 Å². The quantitative estimate of drug-likeness (QED) is 0.832. The number of nitrogens with one attached hydrogen (secondary N) is 2. The second kappa shape index (κ2) is 6.23. The molecule has 2 rings (SSSR count). The Morgan fingerprint density at radius 2 is 1.64 bits per heavy atom. The van der Waals surface area contributed by atoms with Crippen molar-refractivity contribution in [2.24, 2.45) is 0 Å². The van der Waals surface area contributed by atoms with Gasteiger partial charge in [0.1, 0.15) is 4.88 Å². The fourth-order valence-corrected chi connectivity index (χ4v) is 2.36. The summed E-state index contributed by atoms with van der Waals surface area (Å²) in [4.78, 5) is 24.2. The number of hydrogen-bond donors (Lipinski definition) is 2. The van der Waals surface area contributed by atoms with Crippen LogP contribution in [0.1, 0.15) is 52.1 Å². The first-order valence-electron chi connectivity index (χ1n) is 6.79. The summed E-state index contributed by atoms with van der Waals surface area (Å²) in [5.41, 5.74) is 6.92. The second-order valence-electron chi connectivity index (χ2n) is 5.92. The molecule has 1 aromatic carbocycles. The molecule has 0 bridgehead atoms. The molecule has 0 saturated carbocycles. The van der Waals surface area contributed by atoms with Crippen molar-refractivity contribution < 1.29 is 9.59 Å². The van der Waals surface area contributed by atoms with Crippen molar-refractivity contribution in [1.82, 2.24) is 20.4 Å². The van der Waals surface area contributed by atoms with Crippen LogP contribution in [-0.4, -0.2) is 21.4 Å². The summed E-state index contributed by atoms with van der Waals surface area (Å²) in [7, 11) is 0. The van der Waals surface area contributed by atoms with Crippen LogP contribution in [0.15, 0.2) is 24.3 Å². The summed E-state index contributed by atoms with van der Waals surface area (Å²) in [5, 5.41) is 3.75. The first kappa shape index (κ1) is 16.1. The third-order valence-electron chi connectivity index (χ3n) is 3.16. The summed E-state index contributed by atoms with van der Waals surface area (Å²) in [6.07, 6.45) is 0. The maximum Gasteiger partial charge on any atom is 0.283 e. The van der Waals surface area contributed by atoms with E-state index in [2.05, 4.69) is 41.2 Å². The number of hydrazine groups is 1. The lowest BCUT2D eigenvalue weighted by molar-refractivity contribution is 0.0848. The van der Waals surface area contributed by atoms with Gasteiger partial charge in [0.15, 0.2) is 0 Å². The molecular weight excluding hydrogens is 300 g/mol. The lowest BCUT2D eigenvalue weighted by Gasteiger charge is -2.19. The smallest absolute Gasteiger partial charge is 0.267 e. The molecule has 0 unspecified atom stereocenters. The topological polar surface area (TPSA) is 84.0 Å². The highest BCUT2D eigenvalue weighted by molar-refractivity contribution is 7.07. The number of nitrogens with zero attached hydrogens (tertiary/aromatic N) is 2. The fraction of sp³-hybridized carbons (Fsp3) is 0.333. The highest BCUT2D eigenvalue weighted by Crippen LogP contribution is 2.22. The van der Waals surface area contributed by atoms with E-state index >= 15 is 0 Å². The predicted octanol–water partition coefficient (Wildman–Crippen LogP) is 2.22. The third kappa shape index (κ3) is 3.67. The Kier molecular flexibility index (Phi) is 4.56. The largest absolute Gasteiger partial charge is 0.283 e. The van der Waals surface area contributed by atoms with Crippen LogP contribution >= 0.6 is 11.5 Å². The normalized spacial score (nSPS) is 11.1. The van der Waals surface area contributed by atoms with Gasteiger partial charge in [0.25, 0.3) is 11.8 Å². The minimum absolute atomic E-state index is 0.0277. The van der Waals surface area contributed by atoms with E-state index in [4.69, 9.17) is 0 Å². The predicted molar refractivity (Wildman–Crippen MR) is 84.7 cm³/mol. The summed E-state index contributed by atoms with van der Waals surface area (Å²) in [6, 6.07) is 7.30. The van der Waals surface area contributed by atoms with Crippen LogP contribution in [0.2, 0.25) is 0 Å². The minimum Gasteiger partial charge on any atom is -0.267 e. The number of amides is 2. The number of benzene rings is 1. The van der Waals surface area contributed by atoms with Gasteiger partial charge in [-0.2, -0.15) is 0 Å². The van der Waals surface area contributed by atoms with Gasteiger partial charge >= 0.3 is 0 Å². The molecule has 7 heteroatoms. The van der Waals surface area contributed by atoms with Gasteiger partial charge in [-0.25, -0.2) is 0 Å². The molecule has 2 aromatic rings. The Balaban J connectivity index is 1.98. The van der Waals surface area contributed by atoms with E-state index in [1.165, 1.54) is 0 Å². The molecule has 1 heterocycles. The third-order valence-corrected chi connectivity index (χ3v) is 3.99. The molecule has 2 amide bonds. The number of rotatable bonds is 2. The lowest BCUT2D eigenvalue weighted by Crippen LogP contribution is -2.41. The Hall–Kier alpha value is -2.28. The molecule has 0 aliphatic rings. The van der Waals surface area contributed by atoms with E-state index in [0.29, 0.717) is 16.1 Å². The Bertz CT molecular complexity index is 686. The molecule has 0 fully saturated rings. The molecule has 0 atom stereocenters. The first-order valence-corrected chi connectivity index (χ1v) is 7.56.